The molecule has 1 aromatic carbocycles. The minimum absolute atomic E-state index is 0.174. The van der Waals surface area contributed by atoms with Crippen molar-refractivity contribution in [2.45, 2.75) is 19.1 Å². The molecule has 0 fully saturated rings. The van der Waals surface area contributed by atoms with Crippen molar-refractivity contribution in [1.29, 1.82) is 0 Å². The highest BCUT2D eigenvalue weighted by atomic mass is 16.6. The lowest BCUT2D eigenvalue weighted by Crippen LogP contribution is -2.45. The summed E-state index contributed by atoms with van der Waals surface area (Å²) in [4.78, 5) is 11.3. The summed E-state index contributed by atoms with van der Waals surface area (Å²) in [5.74, 6) is 1.26. The lowest BCUT2D eigenvalue weighted by Gasteiger charge is -2.26. The predicted molar refractivity (Wildman–Crippen MR) is 63.0 cm³/mol. The van der Waals surface area contributed by atoms with Gasteiger partial charge in [0.05, 0.1) is 12.6 Å². The Kier molecular flexibility index (Phi) is 3.49. The molecule has 1 amide bonds. The van der Waals surface area contributed by atoms with Crippen LogP contribution in [0.25, 0.3) is 0 Å². The van der Waals surface area contributed by atoms with Gasteiger partial charge in [-0.15, -0.1) is 0 Å². The van der Waals surface area contributed by atoms with Crippen LogP contribution in [-0.2, 0) is 4.79 Å². The van der Waals surface area contributed by atoms with Crippen molar-refractivity contribution in [1.82, 2.24) is 5.32 Å². The summed E-state index contributed by atoms with van der Waals surface area (Å²) in [6.45, 7) is 2.47. The summed E-state index contributed by atoms with van der Waals surface area (Å²) in [6.07, 6.45) is -0.174. The zero-order valence-electron chi connectivity index (χ0n) is 9.68. The third-order valence-electron chi connectivity index (χ3n) is 2.49. The number of amides is 1. The summed E-state index contributed by atoms with van der Waals surface area (Å²) in [5, 5.41) is 2.71. The van der Waals surface area contributed by atoms with Crippen LogP contribution in [0.2, 0.25) is 0 Å². The molecule has 5 nitrogen and oxygen atoms in total. The topological polar surface area (TPSA) is 73.6 Å². The number of hydrogen-bond acceptors (Lipinski definition) is 4. The average Bonchev–Trinajstić information content (AvgIpc) is 2.35. The molecule has 0 unspecified atom stereocenters. The Morgan fingerprint density at radius 2 is 2.24 bits per heavy atom. The van der Waals surface area contributed by atoms with Crippen LogP contribution in [0, 0.1) is 0 Å². The number of nitrogens with two attached hydrogens (primary N) is 1. The molecule has 17 heavy (non-hydrogen) atoms. The first kappa shape index (κ1) is 11.7. The van der Waals surface area contributed by atoms with Crippen LogP contribution in [0.15, 0.2) is 24.3 Å². The van der Waals surface area contributed by atoms with E-state index in [0.29, 0.717) is 18.9 Å². The zero-order valence-corrected chi connectivity index (χ0v) is 9.68. The average molecular weight is 236 g/mol. The number of hydrogen-bond donors (Lipinski definition) is 2. The number of nitrogens with one attached hydrogen (secondary N) is 1. The fraction of sp³-hybridized carbons (Fsp3) is 0.417. The molecule has 0 aromatic heterocycles. The molecule has 1 aromatic rings. The predicted octanol–water partition coefficient (Wildman–Crippen LogP) is 0.290. The molecular formula is C12H16N2O3. The first-order valence-electron chi connectivity index (χ1n) is 5.58. The molecule has 1 heterocycles. The van der Waals surface area contributed by atoms with Gasteiger partial charge < -0.3 is 20.5 Å². The molecule has 2 rings (SSSR count). The largest absolute Gasteiger partial charge is 0.486 e. The first-order valence-corrected chi connectivity index (χ1v) is 5.58. The van der Waals surface area contributed by atoms with Gasteiger partial charge in [0.1, 0.15) is 12.7 Å². The van der Waals surface area contributed by atoms with Crippen molar-refractivity contribution < 1.29 is 14.3 Å². The SMILES string of the molecule is C[C@H](N)C(=O)NC[C@H]1COc2ccccc2O1. The second kappa shape index (κ2) is 5.05. The van der Waals surface area contributed by atoms with Gasteiger partial charge in [0, 0.05) is 0 Å². The van der Waals surface area contributed by atoms with E-state index in [1.165, 1.54) is 0 Å². The normalized spacial score (nSPS) is 19.5. The maximum atomic E-state index is 11.3. The minimum atomic E-state index is -0.508. The van der Waals surface area contributed by atoms with Crippen LogP contribution < -0.4 is 20.5 Å². The van der Waals surface area contributed by atoms with Gasteiger partial charge in [0.25, 0.3) is 0 Å². The van der Waals surface area contributed by atoms with Crippen molar-refractivity contribution in [2.24, 2.45) is 5.73 Å². The smallest absolute Gasteiger partial charge is 0.236 e. The summed E-state index contributed by atoms with van der Waals surface area (Å²) in [6, 6.07) is 6.96. The van der Waals surface area contributed by atoms with E-state index >= 15 is 0 Å². The molecular weight excluding hydrogens is 220 g/mol. The maximum absolute atomic E-state index is 11.3. The highest BCUT2D eigenvalue weighted by molar-refractivity contribution is 5.80. The molecule has 0 bridgehead atoms. The second-order valence-electron chi connectivity index (χ2n) is 4.03. The van der Waals surface area contributed by atoms with E-state index < -0.39 is 6.04 Å². The van der Waals surface area contributed by atoms with Gasteiger partial charge in [0.15, 0.2) is 11.5 Å². The Balaban J connectivity index is 1.88. The van der Waals surface area contributed by atoms with Crippen LogP contribution >= 0.6 is 0 Å². The van der Waals surface area contributed by atoms with E-state index in [1.54, 1.807) is 6.92 Å². The highest BCUT2D eigenvalue weighted by Crippen LogP contribution is 2.30. The summed E-state index contributed by atoms with van der Waals surface area (Å²) in [7, 11) is 0. The lowest BCUT2D eigenvalue weighted by molar-refractivity contribution is -0.122. The van der Waals surface area contributed by atoms with Gasteiger partial charge in [0.2, 0.25) is 5.91 Å². The molecule has 0 spiro atoms. The third kappa shape index (κ3) is 2.88. The Hall–Kier alpha value is -1.75. The molecule has 0 aliphatic carbocycles. The quantitative estimate of drug-likeness (QED) is 0.791. The molecule has 1 aliphatic heterocycles. The lowest BCUT2D eigenvalue weighted by atomic mass is 10.2. The Morgan fingerprint density at radius 1 is 1.53 bits per heavy atom. The number of fused-ring (bicyclic) bond motifs is 1. The number of benzene rings is 1. The van der Waals surface area contributed by atoms with E-state index in [-0.39, 0.29) is 12.0 Å². The molecule has 92 valence electrons. The monoisotopic (exact) mass is 236 g/mol. The first-order chi connectivity index (χ1) is 8.16. The van der Waals surface area contributed by atoms with Crippen molar-refractivity contribution in [2.75, 3.05) is 13.2 Å². The van der Waals surface area contributed by atoms with Crippen LogP contribution in [-0.4, -0.2) is 31.2 Å². The van der Waals surface area contributed by atoms with Gasteiger partial charge in [-0.05, 0) is 19.1 Å². The van der Waals surface area contributed by atoms with Crippen molar-refractivity contribution in [3.63, 3.8) is 0 Å². The van der Waals surface area contributed by atoms with E-state index in [1.807, 2.05) is 24.3 Å². The third-order valence-corrected chi connectivity index (χ3v) is 2.49. The van der Waals surface area contributed by atoms with E-state index in [0.717, 1.165) is 5.75 Å². The molecule has 0 saturated carbocycles. The molecule has 0 saturated heterocycles. The van der Waals surface area contributed by atoms with Crippen molar-refractivity contribution in [3.8, 4) is 11.5 Å². The Morgan fingerprint density at radius 3 is 2.94 bits per heavy atom. The van der Waals surface area contributed by atoms with Crippen LogP contribution in [0.1, 0.15) is 6.92 Å². The summed E-state index contributed by atoms with van der Waals surface area (Å²) < 4.78 is 11.2. The van der Waals surface area contributed by atoms with Gasteiger partial charge in [-0.25, -0.2) is 0 Å². The number of rotatable bonds is 3. The van der Waals surface area contributed by atoms with Crippen molar-refractivity contribution in [3.05, 3.63) is 24.3 Å². The molecule has 3 N–H and O–H groups in total. The Labute approximate surface area is 99.9 Å². The fourth-order valence-electron chi connectivity index (χ4n) is 1.54. The van der Waals surface area contributed by atoms with Crippen LogP contribution in [0.5, 0.6) is 11.5 Å². The zero-order chi connectivity index (χ0) is 12.3. The number of para-hydroxylation sites is 2. The van der Waals surface area contributed by atoms with Gasteiger partial charge in [-0.1, -0.05) is 12.1 Å². The second-order valence-corrected chi connectivity index (χ2v) is 4.03. The van der Waals surface area contributed by atoms with Crippen molar-refractivity contribution >= 4 is 5.91 Å². The van der Waals surface area contributed by atoms with Gasteiger partial charge >= 0.3 is 0 Å². The summed E-state index contributed by atoms with van der Waals surface area (Å²) >= 11 is 0. The summed E-state index contributed by atoms with van der Waals surface area (Å²) in [5.41, 5.74) is 5.44. The van der Waals surface area contributed by atoms with Gasteiger partial charge in [-0.2, -0.15) is 0 Å². The van der Waals surface area contributed by atoms with E-state index in [4.69, 9.17) is 15.2 Å². The molecule has 1 aliphatic rings. The van der Waals surface area contributed by atoms with E-state index in [2.05, 4.69) is 5.32 Å². The van der Waals surface area contributed by atoms with E-state index in [9.17, 15) is 4.79 Å². The minimum Gasteiger partial charge on any atom is -0.486 e. The standard InChI is InChI=1S/C12H16N2O3/c1-8(13)12(15)14-6-9-7-16-10-4-2-3-5-11(10)17-9/h2-5,8-9H,6-7,13H2,1H3,(H,14,15)/t8-,9-/m0/s1. The molecule has 0 radical (unpaired) electrons. The fourth-order valence-corrected chi connectivity index (χ4v) is 1.54. The van der Waals surface area contributed by atoms with Gasteiger partial charge in [-0.3, -0.25) is 4.79 Å². The number of ether oxygens (including phenoxy) is 2. The molecule has 2 atom stereocenters. The van der Waals surface area contributed by atoms with Crippen LogP contribution in [0.4, 0.5) is 0 Å². The molecule has 5 heteroatoms. The number of carbonyl (C=O) groups is 1. The Bertz CT molecular complexity index is 406. The highest BCUT2D eigenvalue weighted by Gasteiger charge is 2.21. The number of carbonyl (C=O) groups excluding carboxylic acids is 1. The van der Waals surface area contributed by atoms with Crippen LogP contribution in [0.3, 0.4) is 0 Å². The maximum Gasteiger partial charge on any atom is 0.236 e.